The van der Waals surface area contributed by atoms with Crippen molar-refractivity contribution >= 4 is 22.4 Å². The number of aryl methyl sites for hydroxylation is 1. The summed E-state index contributed by atoms with van der Waals surface area (Å²) in [5.41, 5.74) is 5.11. The molecule has 0 atom stereocenters. The first-order valence-electron chi connectivity index (χ1n) is 10.3. The summed E-state index contributed by atoms with van der Waals surface area (Å²) < 4.78 is 28.1. The third-order valence-corrected chi connectivity index (χ3v) is 5.63. The molecule has 0 unspecified atom stereocenters. The first kappa shape index (κ1) is 20.2. The lowest BCUT2D eigenvalue weighted by molar-refractivity contribution is 0.372. The summed E-state index contributed by atoms with van der Waals surface area (Å²) >= 11 is 0. The molecule has 0 aliphatic carbocycles. The molecule has 3 heterocycles. The minimum Gasteiger partial charge on any atom is -0.496 e. The Kier molecular flexibility index (Phi) is 5.10. The van der Waals surface area contributed by atoms with E-state index in [2.05, 4.69) is 15.4 Å². The van der Waals surface area contributed by atoms with Crippen LogP contribution in [0, 0.1) is 5.82 Å². The van der Waals surface area contributed by atoms with E-state index in [9.17, 15) is 0 Å². The molecule has 4 aromatic rings. The minimum atomic E-state index is -0.415. The van der Waals surface area contributed by atoms with Crippen molar-refractivity contribution in [1.29, 1.82) is 0 Å². The van der Waals surface area contributed by atoms with Gasteiger partial charge in [0.05, 0.1) is 49.0 Å². The number of aromatic nitrogens is 4. The van der Waals surface area contributed by atoms with Gasteiger partial charge < -0.3 is 19.7 Å². The van der Waals surface area contributed by atoms with Crippen molar-refractivity contribution in [2.75, 3.05) is 32.2 Å². The molecule has 0 saturated carbocycles. The van der Waals surface area contributed by atoms with Gasteiger partial charge in [0.2, 0.25) is 0 Å². The van der Waals surface area contributed by atoms with E-state index in [-0.39, 0.29) is 5.75 Å². The number of hydrogen-bond acceptors (Lipinski definition) is 7. The van der Waals surface area contributed by atoms with E-state index in [0.717, 1.165) is 33.5 Å². The number of nitrogens with zero attached hydrogens (tertiary/aromatic N) is 5. The molecule has 2 aromatic heterocycles. The van der Waals surface area contributed by atoms with Gasteiger partial charge in [0, 0.05) is 55.8 Å². The molecule has 1 N–H and O–H groups in total. The summed E-state index contributed by atoms with van der Waals surface area (Å²) in [6, 6.07) is 7.35. The van der Waals surface area contributed by atoms with E-state index in [1.54, 1.807) is 30.3 Å². The van der Waals surface area contributed by atoms with Gasteiger partial charge in [0.1, 0.15) is 5.75 Å². The fourth-order valence-corrected chi connectivity index (χ4v) is 4.05. The van der Waals surface area contributed by atoms with Crippen molar-refractivity contribution in [3.05, 3.63) is 54.2 Å². The number of benzene rings is 2. The van der Waals surface area contributed by atoms with E-state index in [1.165, 1.54) is 7.11 Å². The average Bonchev–Trinajstić information content (AvgIpc) is 3.12. The van der Waals surface area contributed by atoms with Gasteiger partial charge in [-0.25, -0.2) is 9.37 Å². The van der Waals surface area contributed by atoms with Gasteiger partial charge in [0.15, 0.2) is 11.6 Å². The molecule has 2 aromatic carbocycles. The molecule has 0 bridgehead atoms. The number of rotatable bonds is 4. The van der Waals surface area contributed by atoms with E-state index in [1.807, 2.05) is 36.3 Å². The van der Waals surface area contributed by atoms with Crippen LogP contribution in [0.15, 0.2) is 42.9 Å². The lowest BCUT2D eigenvalue weighted by atomic mass is 10.1. The normalized spacial score (nSPS) is 13.7. The molecular weight excluding hydrogens is 411 g/mol. The summed E-state index contributed by atoms with van der Waals surface area (Å²) in [4.78, 5) is 11.3. The Hall–Kier alpha value is -3.72. The highest BCUT2D eigenvalue weighted by atomic mass is 19.1. The number of halogens is 1. The minimum absolute atomic E-state index is 0.145. The van der Waals surface area contributed by atoms with Crippen molar-refractivity contribution < 1.29 is 13.9 Å². The summed E-state index contributed by atoms with van der Waals surface area (Å²) in [7, 11) is 4.89. The molecule has 9 heteroatoms. The molecule has 5 rings (SSSR count). The smallest absolute Gasteiger partial charge is 0.189 e. The maximum atomic E-state index is 15.5. The highest BCUT2D eigenvalue weighted by Crippen LogP contribution is 2.42. The molecule has 8 nitrogen and oxygen atoms in total. The first-order chi connectivity index (χ1) is 15.6. The van der Waals surface area contributed by atoms with Crippen molar-refractivity contribution in [3.8, 4) is 22.8 Å². The van der Waals surface area contributed by atoms with Crippen LogP contribution in [0.5, 0.6) is 11.5 Å². The Labute approximate surface area is 184 Å². The SMILES string of the molecule is COc1cc(OC)c2c(c1F)N(c1ccc3ncc(-c4cnn(C)c4)nc3c1)CCNC2. The maximum absolute atomic E-state index is 15.5. The first-order valence-corrected chi connectivity index (χ1v) is 10.3. The predicted molar refractivity (Wildman–Crippen MR) is 120 cm³/mol. The average molecular weight is 434 g/mol. The summed E-state index contributed by atoms with van der Waals surface area (Å²) in [5.74, 6) is 0.311. The Morgan fingerprint density at radius 3 is 2.66 bits per heavy atom. The Morgan fingerprint density at radius 1 is 1.06 bits per heavy atom. The van der Waals surface area contributed by atoms with Crippen LogP contribution in [0.25, 0.3) is 22.3 Å². The van der Waals surface area contributed by atoms with Crippen LogP contribution >= 0.6 is 0 Å². The number of methoxy groups -OCH3 is 2. The van der Waals surface area contributed by atoms with Gasteiger partial charge in [-0.05, 0) is 18.2 Å². The topological polar surface area (TPSA) is 77.3 Å². The van der Waals surface area contributed by atoms with E-state index >= 15 is 4.39 Å². The lowest BCUT2D eigenvalue weighted by Gasteiger charge is -2.27. The van der Waals surface area contributed by atoms with Gasteiger partial charge in [0.25, 0.3) is 0 Å². The standard InChI is InChI=1S/C23H23FN6O2/c1-29-13-14(10-27-29)19-12-26-17-5-4-15(8-18(17)28-19)30-7-6-25-11-16-20(31-2)9-21(32-3)22(24)23(16)30/h4-5,8-10,12-13,25H,6-7,11H2,1-3H3. The van der Waals surface area contributed by atoms with Crippen molar-refractivity contribution in [3.63, 3.8) is 0 Å². The second-order valence-corrected chi connectivity index (χ2v) is 7.58. The maximum Gasteiger partial charge on any atom is 0.189 e. The number of hydrogen-bond donors (Lipinski definition) is 1. The van der Waals surface area contributed by atoms with Gasteiger partial charge in [-0.3, -0.25) is 9.67 Å². The summed E-state index contributed by atoms with van der Waals surface area (Å²) in [5, 5.41) is 7.56. The van der Waals surface area contributed by atoms with Crippen LogP contribution in [0.4, 0.5) is 15.8 Å². The Morgan fingerprint density at radius 2 is 1.91 bits per heavy atom. The van der Waals surface area contributed by atoms with Gasteiger partial charge in [-0.2, -0.15) is 5.10 Å². The molecule has 0 spiro atoms. The molecule has 0 saturated heterocycles. The van der Waals surface area contributed by atoms with Crippen LogP contribution in [0.1, 0.15) is 5.56 Å². The van der Waals surface area contributed by atoms with Crippen molar-refractivity contribution in [2.45, 2.75) is 6.54 Å². The van der Waals surface area contributed by atoms with Crippen LogP contribution < -0.4 is 19.7 Å². The number of anilines is 2. The number of nitrogens with one attached hydrogen (secondary N) is 1. The highest BCUT2D eigenvalue weighted by molar-refractivity contribution is 5.83. The zero-order chi connectivity index (χ0) is 22.2. The largest absolute Gasteiger partial charge is 0.496 e. The second-order valence-electron chi connectivity index (χ2n) is 7.58. The Bertz CT molecular complexity index is 1310. The van der Waals surface area contributed by atoms with Gasteiger partial charge in [-0.1, -0.05) is 0 Å². The number of ether oxygens (including phenoxy) is 2. The fraction of sp³-hybridized carbons (Fsp3) is 0.261. The van der Waals surface area contributed by atoms with Crippen molar-refractivity contribution in [2.24, 2.45) is 7.05 Å². The molecule has 32 heavy (non-hydrogen) atoms. The quantitative estimate of drug-likeness (QED) is 0.527. The highest BCUT2D eigenvalue weighted by Gasteiger charge is 2.27. The second kappa shape index (κ2) is 8.08. The van der Waals surface area contributed by atoms with E-state index in [0.29, 0.717) is 31.1 Å². The lowest BCUT2D eigenvalue weighted by Crippen LogP contribution is -2.25. The van der Waals surface area contributed by atoms with E-state index < -0.39 is 5.82 Å². The van der Waals surface area contributed by atoms with Gasteiger partial charge >= 0.3 is 0 Å². The van der Waals surface area contributed by atoms with Gasteiger partial charge in [-0.15, -0.1) is 0 Å². The molecule has 0 radical (unpaired) electrons. The predicted octanol–water partition coefficient (Wildman–Crippen LogP) is 3.43. The van der Waals surface area contributed by atoms with E-state index in [4.69, 9.17) is 14.5 Å². The third kappa shape index (κ3) is 3.40. The molecular formula is C23H23FN6O2. The third-order valence-electron chi connectivity index (χ3n) is 5.63. The number of fused-ring (bicyclic) bond motifs is 2. The summed E-state index contributed by atoms with van der Waals surface area (Å²) in [6.45, 7) is 1.75. The van der Waals surface area contributed by atoms with Crippen LogP contribution in [-0.2, 0) is 13.6 Å². The zero-order valence-corrected chi connectivity index (χ0v) is 18.1. The van der Waals surface area contributed by atoms with Crippen LogP contribution in [0.2, 0.25) is 0 Å². The molecule has 1 aliphatic rings. The monoisotopic (exact) mass is 434 g/mol. The zero-order valence-electron chi connectivity index (χ0n) is 18.1. The fourth-order valence-electron chi connectivity index (χ4n) is 4.05. The van der Waals surface area contributed by atoms with Crippen LogP contribution in [-0.4, -0.2) is 47.1 Å². The molecule has 0 amide bonds. The Balaban J connectivity index is 1.65. The van der Waals surface area contributed by atoms with Crippen molar-refractivity contribution in [1.82, 2.24) is 25.1 Å². The molecule has 164 valence electrons. The summed E-state index contributed by atoms with van der Waals surface area (Å²) in [6.07, 6.45) is 5.38. The molecule has 1 aliphatic heterocycles. The van der Waals surface area contributed by atoms with Crippen LogP contribution in [0.3, 0.4) is 0 Å². The molecule has 0 fully saturated rings.